The highest BCUT2D eigenvalue weighted by atomic mass is 19.2. The maximum Gasteiger partial charge on any atom is 0.200 e. The number of hydrogen-bond acceptors (Lipinski definition) is 0. The lowest BCUT2D eigenvalue weighted by Crippen LogP contribution is -2.73. The van der Waals surface area contributed by atoms with Gasteiger partial charge in [0.2, 0.25) is 0 Å². The summed E-state index contributed by atoms with van der Waals surface area (Å²) in [6.45, 7) is 1.18. The summed E-state index contributed by atoms with van der Waals surface area (Å²) < 4.78 is 217. The van der Waals surface area contributed by atoms with Crippen LogP contribution in [0.5, 0.6) is 0 Å². The molecule has 4 rings (SSSR count). The zero-order valence-electron chi connectivity index (χ0n) is 22.5. The van der Waals surface area contributed by atoms with Crippen LogP contribution in [0.1, 0.15) is 19.8 Å². The summed E-state index contributed by atoms with van der Waals surface area (Å²) in [7, 11) is 0. The molecule has 4 aromatic carbocycles. The van der Waals surface area contributed by atoms with Gasteiger partial charge in [-0.05, 0) is 12.1 Å². The summed E-state index contributed by atoms with van der Waals surface area (Å²) in [6.07, 6.45) is -8.14. The quantitative estimate of drug-likeness (QED) is 0.104. The van der Waals surface area contributed by atoms with Crippen molar-refractivity contribution in [1.29, 1.82) is 0 Å². The molecule has 0 bridgehead atoms. The molecule has 1 nitrogen and oxygen atoms in total. The van der Waals surface area contributed by atoms with Gasteiger partial charge >= 0.3 is 0 Å². The Hall–Kier alpha value is -4.15. The fourth-order valence-corrected chi connectivity index (χ4v) is 5.02. The van der Waals surface area contributed by atoms with Crippen molar-refractivity contribution >= 4 is 28.2 Å². The first-order valence-electron chi connectivity index (χ1n) is 12.6. The minimum atomic E-state index is -5.41. The van der Waals surface area contributed by atoms with Crippen LogP contribution >= 0.6 is 0 Å². The average molecular weight is 663 g/mol. The van der Waals surface area contributed by atoms with Gasteiger partial charge in [-0.15, -0.1) is 16.4 Å². The Balaban J connectivity index is 0.000000693. The molecule has 0 saturated heterocycles. The molecule has 0 fully saturated rings. The van der Waals surface area contributed by atoms with Gasteiger partial charge in [-0.3, -0.25) is 0 Å². The second kappa shape index (κ2) is 13.5. The summed E-state index contributed by atoms with van der Waals surface area (Å²) in [5.41, 5.74) is -2.91. The molecule has 4 aromatic rings. The van der Waals surface area contributed by atoms with Crippen LogP contribution in [0.15, 0.2) is 30.3 Å². The Morgan fingerprint density at radius 1 is 0.422 bits per heavy atom. The molecule has 0 radical (unpaired) electrons. The number of rotatable bonds is 6. The second-order valence-electron chi connectivity index (χ2n) is 9.62. The molecular formula is C28H17BF15N. The van der Waals surface area contributed by atoms with E-state index in [9.17, 15) is 39.5 Å². The number of hydrogen-bond donors (Lipinski definition) is 1. The number of benzene rings is 4. The molecule has 0 unspecified atom stereocenters. The van der Waals surface area contributed by atoms with Crippen molar-refractivity contribution in [3.63, 3.8) is 0 Å². The van der Waals surface area contributed by atoms with E-state index in [4.69, 9.17) is 0 Å². The van der Waals surface area contributed by atoms with E-state index < -0.39 is 123 Å². The summed E-state index contributed by atoms with van der Waals surface area (Å²) in [5, 5.41) is 0. The lowest BCUT2D eigenvalue weighted by atomic mass is 9.13. The predicted molar refractivity (Wildman–Crippen MR) is 132 cm³/mol. The number of unbranched alkanes of at least 4 members (excludes halogenated alkanes) is 1. The van der Waals surface area contributed by atoms with Crippen molar-refractivity contribution in [2.24, 2.45) is 0 Å². The predicted octanol–water partition coefficient (Wildman–Crippen LogP) is 6.60. The average Bonchev–Trinajstić information content (AvgIpc) is 3.02. The smallest absolute Gasteiger partial charge is 0.200 e. The molecule has 0 aliphatic rings. The highest BCUT2D eigenvalue weighted by Gasteiger charge is 2.47. The lowest BCUT2D eigenvalue weighted by molar-refractivity contribution is -0.254. The molecule has 0 amide bonds. The minimum absolute atomic E-state index is 0.316. The monoisotopic (exact) mass is 663 g/mol. The summed E-state index contributed by atoms with van der Waals surface area (Å²) in [5.74, 6) is -44.7. The van der Waals surface area contributed by atoms with Gasteiger partial charge in [0.1, 0.15) is 46.7 Å². The third-order valence-electron chi connectivity index (χ3n) is 7.04. The molecule has 0 aromatic heterocycles. The molecule has 17 heteroatoms. The van der Waals surface area contributed by atoms with Gasteiger partial charge in [0.25, 0.3) is 0 Å². The third-order valence-corrected chi connectivity index (χ3v) is 7.04. The van der Waals surface area contributed by atoms with E-state index in [2.05, 4.69) is 5.73 Å². The van der Waals surface area contributed by atoms with E-state index in [1.54, 1.807) is 0 Å². The molecule has 0 heterocycles. The highest BCUT2D eigenvalue weighted by Crippen LogP contribution is 2.30. The first kappa shape index (κ1) is 35.3. The second-order valence-corrected chi connectivity index (χ2v) is 9.62. The van der Waals surface area contributed by atoms with E-state index >= 15 is 26.3 Å². The van der Waals surface area contributed by atoms with Crippen LogP contribution in [0.4, 0.5) is 71.5 Å². The van der Waals surface area contributed by atoms with Gasteiger partial charge in [0.05, 0.1) is 0 Å². The Bertz CT molecular complexity index is 1510. The number of quaternary nitrogens is 1. The van der Waals surface area contributed by atoms with Crippen LogP contribution in [0.3, 0.4) is 0 Å². The van der Waals surface area contributed by atoms with Crippen LogP contribution in [-0.4, -0.2) is 6.15 Å². The van der Waals surface area contributed by atoms with Crippen molar-refractivity contribution in [1.82, 2.24) is 0 Å². The highest BCUT2D eigenvalue weighted by molar-refractivity contribution is 7.11. The normalized spacial score (nSPS) is 11.5. The Labute approximate surface area is 244 Å². The Morgan fingerprint density at radius 2 is 0.667 bits per heavy atom. The Kier molecular flexibility index (Phi) is 10.6. The molecule has 242 valence electrons. The largest absolute Gasteiger partial charge is 0.325 e. The van der Waals surface area contributed by atoms with Gasteiger partial charge in [-0.1, -0.05) is 38.0 Å². The van der Waals surface area contributed by atoms with Crippen molar-refractivity contribution in [2.75, 3.05) is 0 Å². The standard InChI is InChI=1S/C22H9BF15.C6H7N/c1-2-3-4-23(5-8(24)14(30)20(36)15(31)9(5)25,6-10(26)16(32)21(37)17(33)11(6)27)7-12(28)18(34)22(38)19(35)13(7)29;7-6-4-2-1-3-5-6/h2-4H2,1H3;1-5H,7H2/q-1;/p+1. The SMILES string of the molecule is CCCC[B-](c1c(F)c(F)c(F)c(F)c1F)(c1c(F)c(F)c(F)c(F)c1F)c1c(F)c(F)c(F)c(F)c1F.[NH3+]c1ccccc1. The van der Waals surface area contributed by atoms with Crippen LogP contribution < -0.4 is 22.1 Å². The number of halogens is 15. The van der Waals surface area contributed by atoms with E-state index in [1.165, 1.54) is 6.92 Å². The first-order valence-corrected chi connectivity index (χ1v) is 12.6. The molecular weight excluding hydrogens is 646 g/mol. The van der Waals surface area contributed by atoms with Crippen molar-refractivity contribution in [3.05, 3.63) is 118 Å². The molecule has 3 N–H and O–H groups in total. The zero-order valence-corrected chi connectivity index (χ0v) is 22.5. The van der Waals surface area contributed by atoms with Gasteiger partial charge in [0, 0.05) is 0 Å². The van der Waals surface area contributed by atoms with Gasteiger partial charge < -0.3 is 5.73 Å². The maximum atomic E-state index is 15.1. The Morgan fingerprint density at radius 3 is 0.867 bits per heavy atom. The van der Waals surface area contributed by atoms with E-state index in [0.717, 1.165) is 5.69 Å². The molecule has 0 saturated carbocycles. The molecule has 45 heavy (non-hydrogen) atoms. The molecule has 0 atom stereocenters. The zero-order chi connectivity index (χ0) is 34.1. The van der Waals surface area contributed by atoms with E-state index in [0.29, 0.717) is 0 Å². The van der Waals surface area contributed by atoms with Crippen molar-refractivity contribution < 1.29 is 71.6 Å². The lowest BCUT2D eigenvalue weighted by Gasteiger charge is -2.44. The van der Waals surface area contributed by atoms with Gasteiger partial charge in [-0.2, -0.15) is 6.32 Å². The summed E-state index contributed by atoms with van der Waals surface area (Å²) in [4.78, 5) is 0. The van der Waals surface area contributed by atoms with Crippen LogP contribution in [-0.2, 0) is 0 Å². The van der Waals surface area contributed by atoms with Gasteiger partial charge in [0.15, 0.2) is 52.4 Å². The molecule has 0 aliphatic carbocycles. The minimum Gasteiger partial charge on any atom is -0.325 e. The fourth-order valence-electron chi connectivity index (χ4n) is 5.02. The van der Waals surface area contributed by atoms with Crippen LogP contribution in [0, 0.1) is 87.3 Å². The summed E-state index contributed by atoms with van der Waals surface area (Å²) in [6, 6.07) is 9.87. The van der Waals surface area contributed by atoms with Crippen LogP contribution in [0.2, 0.25) is 6.32 Å². The third kappa shape index (κ3) is 5.84. The van der Waals surface area contributed by atoms with Gasteiger partial charge in [-0.25, -0.2) is 65.9 Å². The molecule has 0 aliphatic heterocycles. The summed E-state index contributed by atoms with van der Waals surface area (Å²) >= 11 is 0. The van der Waals surface area contributed by atoms with E-state index in [1.807, 2.05) is 30.3 Å². The van der Waals surface area contributed by atoms with E-state index in [-0.39, 0.29) is 6.42 Å². The van der Waals surface area contributed by atoms with Crippen LogP contribution in [0.25, 0.3) is 0 Å². The molecule has 0 spiro atoms. The maximum absolute atomic E-state index is 15.1. The topological polar surface area (TPSA) is 27.6 Å². The van der Waals surface area contributed by atoms with Crippen molar-refractivity contribution in [3.8, 4) is 0 Å². The fraction of sp³-hybridized carbons (Fsp3) is 0.143. The first-order chi connectivity index (χ1) is 21.0. The van der Waals surface area contributed by atoms with Crippen molar-refractivity contribution in [2.45, 2.75) is 26.1 Å².